The Morgan fingerprint density at radius 3 is 2.42 bits per heavy atom. The summed E-state index contributed by atoms with van der Waals surface area (Å²) in [5, 5.41) is 5.42. The number of carbonyl (C=O) groups excluding carboxylic acids is 2. The zero-order valence-corrected chi connectivity index (χ0v) is 14.9. The van der Waals surface area contributed by atoms with Gasteiger partial charge in [0.05, 0.1) is 11.0 Å². The predicted molar refractivity (Wildman–Crippen MR) is 102 cm³/mol. The zero-order chi connectivity index (χ0) is 17.5. The zero-order valence-electron chi connectivity index (χ0n) is 14.1. The summed E-state index contributed by atoms with van der Waals surface area (Å²) in [5.41, 5.74) is 3.76. The highest BCUT2D eigenvalue weighted by atomic mass is 32.2. The highest BCUT2D eigenvalue weighted by Gasteiger charge is 2.16. The van der Waals surface area contributed by atoms with Gasteiger partial charge in [0.2, 0.25) is 11.8 Å². The van der Waals surface area contributed by atoms with Gasteiger partial charge in [0.15, 0.2) is 0 Å². The minimum Gasteiger partial charge on any atom is -0.325 e. The van der Waals surface area contributed by atoms with E-state index in [-0.39, 0.29) is 22.8 Å². The molecule has 0 aliphatic heterocycles. The Morgan fingerprint density at radius 2 is 1.75 bits per heavy atom. The first-order valence-corrected chi connectivity index (χ1v) is 8.85. The number of anilines is 2. The number of carbonyl (C=O) groups is 2. The van der Waals surface area contributed by atoms with E-state index in [9.17, 15) is 9.59 Å². The number of nitrogens with one attached hydrogen (secondary N) is 2. The average Bonchev–Trinajstić information content (AvgIpc) is 2.56. The fourth-order valence-corrected chi connectivity index (χ4v) is 2.87. The van der Waals surface area contributed by atoms with Gasteiger partial charge in [-0.05, 0) is 44.5 Å². The van der Waals surface area contributed by atoms with Crippen molar-refractivity contribution >= 4 is 35.0 Å². The van der Waals surface area contributed by atoms with Gasteiger partial charge >= 0.3 is 0 Å². The Kier molecular flexibility index (Phi) is 6.44. The minimum atomic E-state index is -0.313. The largest absolute Gasteiger partial charge is 0.325 e. The number of amides is 2. The molecule has 0 fully saturated rings. The molecule has 126 valence electrons. The van der Waals surface area contributed by atoms with Gasteiger partial charge in [-0.25, -0.2) is 0 Å². The maximum Gasteiger partial charge on any atom is 0.237 e. The normalized spacial score (nSPS) is 11.6. The first-order chi connectivity index (χ1) is 11.5. The lowest BCUT2D eigenvalue weighted by atomic mass is 10.1. The third kappa shape index (κ3) is 5.42. The van der Waals surface area contributed by atoms with Crippen molar-refractivity contribution in [2.24, 2.45) is 0 Å². The number of hydrogen-bond donors (Lipinski definition) is 2. The van der Waals surface area contributed by atoms with Crippen molar-refractivity contribution in [3.63, 3.8) is 0 Å². The van der Waals surface area contributed by atoms with Crippen LogP contribution in [0.25, 0.3) is 0 Å². The molecule has 1 atom stereocenters. The monoisotopic (exact) mass is 342 g/mol. The number of rotatable bonds is 6. The van der Waals surface area contributed by atoms with Gasteiger partial charge in [0.1, 0.15) is 0 Å². The third-order valence-corrected chi connectivity index (χ3v) is 4.67. The molecule has 0 spiro atoms. The lowest BCUT2D eigenvalue weighted by Gasteiger charge is -2.14. The Bertz CT molecular complexity index is 717. The van der Waals surface area contributed by atoms with Crippen LogP contribution in [0.1, 0.15) is 18.1 Å². The number of aryl methyl sites for hydroxylation is 2. The summed E-state index contributed by atoms with van der Waals surface area (Å²) in [6, 6.07) is 15.2. The van der Waals surface area contributed by atoms with Gasteiger partial charge in [0, 0.05) is 11.4 Å². The third-order valence-electron chi connectivity index (χ3n) is 3.53. The van der Waals surface area contributed by atoms with Gasteiger partial charge < -0.3 is 10.6 Å². The minimum absolute atomic E-state index is 0.0977. The molecule has 2 N–H and O–H groups in total. The van der Waals surface area contributed by atoms with E-state index >= 15 is 0 Å². The second kappa shape index (κ2) is 8.55. The Labute approximate surface area is 147 Å². The maximum atomic E-state index is 12.3. The molecule has 2 amide bonds. The number of benzene rings is 2. The van der Waals surface area contributed by atoms with Crippen LogP contribution >= 0.6 is 11.8 Å². The van der Waals surface area contributed by atoms with Crippen molar-refractivity contribution in [2.75, 3.05) is 16.4 Å². The van der Waals surface area contributed by atoms with Gasteiger partial charge in [-0.1, -0.05) is 35.9 Å². The number of thioether (sulfide) groups is 1. The molecule has 0 aliphatic carbocycles. The molecule has 0 bridgehead atoms. The predicted octanol–water partition coefficient (Wildman–Crippen LogP) is 4.00. The van der Waals surface area contributed by atoms with E-state index in [4.69, 9.17) is 0 Å². The van der Waals surface area contributed by atoms with E-state index in [0.29, 0.717) is 0 Å². The van der Waals surface area contributed by atoms with Crippen molar-refractivity contribution in [1.82, 2.24) is 0 Å². The summed E-state index contributed by atoms with van der Waals surface area (Å²) < 4.78 is 0. The Balaban J connectivity index is 1.82. The molecule has 2 aromatic carbocycles. The summed E-state index contributed by atoms with van der Waals surface area (Å²) in [6.45, 7) is 5.79. The average molecular weight is 342 g/mol. The van der Waals surface area contributed by atoms with Crippen LogP contribution in [-0.2, 0) is 9.59 Å². The molecule has 0 aliphatic rings. The van der Waals surface area contributed by atoms with Gasteiger partial charge in [-0.2, -0.15) is 0 Å². The molecule has 0 heterocycles. The van der Waals surface area contributed by atoms with E-state index in [1.165, 1.54) is 11.8 Å². The van der Waals surface area contributed by atoms with Crippen molar-refractivity contribution in [3.8, 4) is 0 Å². The smallest absolute Gasteiger partial charge is 0.237 e. The summed E-state index contributed by atoms with van der Waals surface area (Å²) in [5.74, 6) is 0.0212. The maximum absolute atomic E-state index is 12.3. The van der Waals surface area contributed by atoms with Crippen LogP contribution < -0.4 is 10.6 Å². The van der Waals surface area contributed by atoms with Crippen LogP contribution in [0.3, 0.4) is 0 Å². The molecule has 24 heavy (non-hydrogen) atoms. The van der Waals surface area contributed by atoms with Crippen LogP contribution in [0.2, 0.25) is 0 Å². The topological polar surface area (TPSA) is 58.2 Å². The molecule has 0 radical (unpaired) electrons. The molecule has 4 nitrogen and oxygen atoms in total. The van der Waals surface area contributed by atoms with Crippen LogP contribution in [-0.4, -0.2) is 22.8 Å². The van der Waals surface area contributed by atoms with Crippen LogP contribution in [0.15, 0.2) is 48.5 Å². The van der Waals surface area contributed by atoms with Gasteiger partial charge in [-0.15, -0.1) is 11.8 Å². The van der Waals surface area contributed by atoms with E-state index in [0.717, 1.165) is 22.5 Å². The Morgan fingerprint density at radius 1 is 1.04 bits per heavy atom. The first-order valence-electron chi connectivity index (χ1n) is 7.80. The summed E-state index contributed by atoms with van der Waals surface area (Å²) in [4.78, 5) is 24.2. The van der Waals surface area contributed by atoms with E-state index < -0.39 is 0 Å². The molecule has 0 saturated heterocycles. The van der Waals surface area contributed by atoms with Crippen molar-refractivity contribution in [1.29, 1.82) is 0 Å². The summed E-state index contributed by atoms with van der Waals surface area (Å²) in [6.07, 6.45) is 0. The second-order valence-electron chi connectivity index (χ2n) is 5.68. The molecule has 2 rings (SSSR count). The lowest BCUT2D eigenvalue weighted by Crippen LogP contribution is -2.25. The first kappa shape index (κ1) is 18.1. The summed E-state index contributed by atoms with van der Waals surface area (Å²) >= 11 is 1.32. The molecule has 2 aromatic rings. The van der Waals surface area contributed by atoms with Crippen LogP contribution in [0, 0.1) is 13.8 Å². The highest BCUT2D eigenvalue weighted by Crippen LogP contribution is 2.19. The highest BCUT2D eigenvalue weighted by molar-refractivity contribution is 8.01. The number of para-hydroxylation sites is 1. The van der Waals surface area contributed by atoms with E-state index in [2.05, 4.69) is 10.6 Å². The summed E-state index contributed by atoms with van der Waals surface area (Å²) in [7, 11) is 0. The van der Waals surface area contributed by atoms with Crippen molar-refractivity contribution < 1.29 is 9.59 Å². The quantitative estimate of drug-likeness (QED) is 0.834. The van der Waals surface area contributed by atoms with Crippen LogP contribution in [0.4, 0.5) is 11.4 Å². The number of hydrogen-bond acceptors (Lipinski definition) is 3. The molecular weight excluding hydrogens is 320 g/mol. The van der Waals surface area contributed by atoms with Crippen molar-refractivity contribution in [3.05, 3.63) is 59.7 Å². The molecule has 0 unspecified atom stereocenters. The molecule has 5 heteroatoms. The molecule has 0 aromatic heterocycles. The molecular formula is C19H22N2O2S. The van der Waals surface area contributed by atoms with Crippen molar-refractivity contribution in [2.45, 2.75) is 26.0 Å². The van der Waals surface area contributed by atoms with Gasteiger partial charge in [-0.3, -0.25) is 9.59 Å². The Hall–Kier alpha value is -2.27. The van der Waals surface area contributed by atoms with E-state index in [1.807, 2.05) is 62.4 Å². The fraction of sp³-hybridized carbons (Fsp3) is 0.263. The lowest BCUT2D eigenvalue weighted by molar-refractivity contribution is -0.115. The van der Waals surface area contributed by atoms with Gasteiger partial charge in [0.25, 0.3) is 0 Å². The van der Waals surface area contributed by atoms with Crippen LogP contribution in [0.5, 0.6) is 0 Å². The SMILES string of the molecule is Cc1ccc(NC(=O)[C@H](C)SCC(=O)Nc2ccccc2)c(C)c1. The standard InChI is InChI=1S/C19H22N2O2S/c1-13-9-10-17(14(2)11-13)21-19(23)15(3)24-12-18(22)20-16-7-5-4-6-8-16/h4-11,15H,12H2,1-3H3,(H,20,22)(H,21,23)/t15-/m0/s1. The second-order valence-corrected chi connectivity index (χ2v) is 7.00. The van der Waals surface area contributed by atoms with E-state index in [1.54, 1.807) is 6.92 Å². The molecule has 0 saturated carbocycles. The fourth-order valence-electron chi connectivity index (χ4n) is 2.18.